The SMILES string of the molecule is CCN1CCCC(CNC(=O)C(C)Br)C1. The van der Waals surface area contributed by atoms with Crippen LogP contribution < -0.4 is 5.32 Å². The molecule has 15 heavy (non-hydrogen) atoms. The largest absolute Gasteiger partial charge is 0.355 e. The van der Waals surface area contributed by atoms with Crippen molar-refractivity contribution in [3.63, 3.8) is 0 Å². The lowest BCUT2D eigenvalue weighted by Crippen LogP contribution is -2.41. The van der Waals surface area contributed by atoms with E-state index in [9.17, 15) is 4.79 Å². The molecule has 2 unspecified atom stereocenters. The monoisotopic (exact) mass is 276 g/mol. The molecule has 1 rings (SSSR count). The minimum Gasteiger partial charge on any atom is -0.355 e. The molecule has 88 valence electrons. The first-order chi connectivity index (χ1) is 7.13. The van der Waals surface area contributed by atoms with Crippen molar-refractivity contribution in [1.29, 1.82) is 0 Å². The highest BCUT2D eigenvalue weighted by atomic mass is 79.9. The van der Waals surface area contributed by atoms with Gasteiger partial charge in [-0.3, -0.25) is 4.79 Å². The Morgan fingerprint density at radius 3 is 3.00 bits per heavy atom. The number of carbonyl (C=O) groups is 1. The van der Waals surface area contributed by atoms with Gasteiger partial charge in [-0.1, -0.05) is 22.9 Å². The lowest BCUT2D eigenvalue weighted by molar-refractivity contribution is -0.120. The van der Waals surface area contributed by atoms with Crippen LogP contribution in [0.5, 0.6) is 0 Å². The second-order valence-corrected chi connectivity index (χ2v) is 5.64. The van der Waals surface area contributed by atoms with E-state index in [2.05, 4.69) is 33.1 Å². The number of rotatable bonds is 4. The zero-order valence-corrected chi connectivity index (χ0v) is 11.2. The number of nitrogens with zero attached hydrogens (tertiary/aromatic N) is 1. The first-order valence-corrected chi connectivity index (χ1v) is 6.69. The third-order valence-electron chi connectivity index (χ3n) is 2.98. The van der Waals surface area contributed by atoms with Gasteiger partial charge in [0.05, 0.1) is 4.83 Å². The maximum Gasteiger partial charge on any atom is 0.233 e. The zero-order valence-electron chi connectivity index (χ0n) is 9.63. The molecule has 0 aromatic carbocycles. The molecular formula is C11H21BrN2O. The summed E-state index contributed by atoms with van der Waals surface area (Å²) < 4.78 is 0. The van der Waals surface area contributed by atoms with Crippen LogP contribution >= 0.6 is 15.9 Å². The Kier molecular flexibility index (Phi) is 5.61. The molecule has 1 aliphatic heterocycles. The van der Waals surface area contributed by atoms with Crippen molar-refractivity contribution in [3.05, 3.63) is 0 Å². The van der Waals surface area contributed by atoms with Gasteiger partial charge in [-0.2, -0.15) is 0 Å². The van der Waals surface area contributed by atoms with E-state index in [1.807, 2.05) is 6.92 Å². The van der Waals surface area contributed by atoms with E-state index >= 15 is 0 Å². The van der Waals surface area contributed by atoms with E-state index in [0.717, 1.165) is 19.6 Å². The number of nitrogens with one attached hydrogen (secondary N) is 1. The quantitative estimate of drug-likeness (QED) is 0.792. The Bertz CT molecular complexity index is 209. The number of carbonyl (C=O) groups excluding carboxylic acids is 1. The number of halogens is 1. The number of likely N-dealkylation sites (tertiary alicyclic amines) is 1. The molecule has 1 heterocycles. The maximum absolute atomic E-state index is 11.4. The van der Waals surface area contributed by atoms with Crippen LogP contribution in [0.25, 0.3) is 0 Å². The molecule has 1 saturated heterocycles. The molecule has 0 aromatic rings. The normalized spacial score (nSPS) is 24.9. The van der Waals surface area contributed by atoms with Crippen LogP contribution in [0.15, 0.2) is 0 Å². The van der Waals surface area contributed by atoms with Crippen molar-refractivity contribution in [2.75, 3.05) is 26.2 Å². The number of hydrogen-bond donors (Lipinski definition) is 1. The van der Waals surface area contributed by atoms with E-state index in [4.69, 9.17) is 0 Å². The number of alkyl halides is 1. The Morgan fingerprint density at radius 1 is 1.67 bits per heavy atom. The molecular weight excluding hydrogens is 256 g/mol. The van der Waals surface area contributed by atoms with Crippen molar-refractivity contribution in [2.45, 2.75) is 31.5 Å². The Hall–Kier alpha value is -0.0900. The van der Waals surface area contributed by atoms with Crippen LogP contribution in [0.3, 0.4) is 0 Å². The highest BCUT2D eigenvalue weighted by molar-refractivity contribution is 9.10. The van der Waals surface area contributed by atoms with Crippen LogP contribution in [-0.2, 0) is 4.79 Å². The van der Waals surface area contributed by atoms with Gasteiger partial charge >= 0.3 is 0 Å². The summed E-state index contributed by atoms with van der Waals surface area (Å²) in [5.74, 6) is 0.734. The van der Waals surface area contributed by atoms with Crippen molar-refractivity contribution in [3.8, 4) is 0 Å². The van der Waals surface area contributed by atoms with Gasteiger partial charge in [0.2, 0.25) is 5.91 Å². The highest BCUT2D eigenvalue weighted by Gasteiger charge is 2.19. The average molecular weight is 277 g/mol. The van der Waals surface area contributed by atoms with Crippen molar-refractivity contribution in [2.24, 2.45) is 5.92 Å². The van der Waals surface area contributed by atoms with Crippen LogP contribution in [0, 0.1) is 5.92 Å². The standard InChI is InChI=1S/C11H21BrN2O/c1-3-14-6-4-5-10(8-14)7-13-11(15)9(2)12/h9-10H,3-8H2,1-2H3,(H,13,15). The van der Waals surface area contributed by atoms with Crippen LogP contribution in [0.2, 0.25) is 0 Å². The molecule has 0 aromatic heterocycles. The third kappa shape index (κ3) is 4.51. The molecule has 1 N–H and O–H groups in total. The second kappa shape index (κ2) is 6.48. The minimum absolute atomic E-state index is 0.0802. The molecule has 0 saturated carbocycles. The fourth-order valence-electron chi connectivity index (χ4n) is 1.99. The van der Waals surface area contributed by atoms with Gasteiger partial charge in [-0.25, -0.2) is 0 Å². The Balaban J connectivity index is 2.23. The van der Waals surface area contributed by atoms with Crippen molar-refractivity contribution in [1.82, 2.24) is 10.2 Å². The Labute approximate surface area is 101 Å². The second-order valence-electron chi connectivity index (χ2n) is 4.26. The van der Waals surface area contributed by atoms with Crippen molar-refractivity contribution >= 4 is 21.8 Å². The maximum atomic E-state index is 11.4. The molecule has 0 spiro atoms. The highest BCUT2D eigenvalue weighted by Crippen LogP contribution is 2.15. The average Bonchev–Trinajstić information content (AvgIpc) is 2.26. The summed E-state index contributed by atoms with van der Waals surface area (Å²) in [6.07, 6.45) is 2.51. The summed E-state index contributed by atoms with van der Waals surface area (Å²) in [4.78, 5) is 13.7. The molecule has 1 amide bonds. The Morgan fingerprint density at radius 2 is 2.40 bits per heavy atom. The molecule has 0 radical (unpaired) electrons. The number of amides is 1. The molecule has 2 atom stereocenters. The summed E-state index contributed by atoms with van der Waals surface area (Å²) in [5, 5.41) is 2.98. The van der Waals surface area contributed by atoms with E-state index < -0.39 is 0 Å². The fraction of sp³-hybridized carbons (Fsp3) is 0.909. The van der Waals surface area contributed by atoms with E-state index in [1.54, 1.807) is 0 Å². The van der Waals surface area contributed by atoms with Gasteiger partial charge in [-0.15, -0.1) is 0 Å². The number of piperidine rings is 1. The summed E-state index contributed by atoms with van der Waals surface area (Å²) in [6.45, 7) is 8.35. The van der Waals surface area contributed by atoms with Crippen LogP contribution in [0.4, 0.5) is 0 Å². The zero-order chi connectivity index (χ0) is 11.3. The first kappa shape index (κ1) is 13.0. The van der Waals surface area contributed by atoms with Crippen molar-refractivity contribution < 1.29 is 4.79 Å². The van der Waals surface area contributed by atoms with Gasteiger partial charge in [0.15, 0.2) is 0 Å². The van der Waals surface area contributed by atoms with Gasteiger partial charge in [0.25, 0.3) is 0 Å². The smallest absolute Gasteiger partial charge is 0.233 e. The first-order valence-electron chi connectivity index (χ1n) is 5.77. The molecule has 1 aliphatic rings. The summed E-state index contributed by atoms with van der Waals surface area (Å²) in [6, 6.07) is 0. The lowest BCUT2D eigenvalue weighted by Gasteiger charge is -2.31. The topological polar surface area (TPSA) is 32.3 Å². The number of hydrogen-bond acceptors (Lipinski definition) is 2. The molecule has 0 aliphatic carbocycles. The predicted octanol–water partition coefficient (Wildman–Crippen LogP) is 1.62. The van der Waals surface area contributed by atoms with E-state index in [1.165, 1.54) is 19.4 Å². The molecule has 1 fully saturated rings. The third-order valence-corrected chi connectivity index (χ3v) is 3.39. The van der Waals surface area contributed by atoms with Crippen LogP contribution in [0.1, 0.15) is 26.7 Å². The molecule has 0 bridgehead atoms. The van der Waals surface area contributed by atoms with E-state index in [-0.39, 0.29) is 10.7 Å². The van der Waals surface area contributed by atoms with E-state index in [0.29, 0.717) is 5.92 Å². The summed E-state index contributed by atoms with van der Waals surface area (Å²) in [7, 11) is 0. The predicted molar refractivity (Wildman–Crippen MR) is 66.2 cm³/mol. The van der Waals surface area contributed by atoms with Gasteiger partial charge in [0.1, 0.15) is 0 Å². The summed E-state index contributed by atoms with van der Waals surface area (Å²) in [5.41, 5.74) is 0. The van der Waals surface area contributed by atoms with Gasteiger partial charge in [0, 0.05) is 13.1 Å². The summed E-state index contributed by atoms with van der Waals surface area (Å²) >= 11 is 3.27. The van der Waals surface area contributed by atoms with Gasteiger partial charge < -0.3 is 10.2 Å². The lowest BCUT2D eigenvalue weighted by atomic mass is 9.98. The van der Waals surface area contributed by atoms with Gasteiger partial charge in [-0.05, 0) is 38.8 Å². The molecule has 3 nitrogen and oxygen atoms in total. The minimum atomic E-state index is -0.0802. The fourth-order valence-corrected chi connectivity index (χ4v) is 2.15. The van der Waals surface area contributed by atoms with Crippen LogP contribution in [-0.4, -0.2) is 41.8 Å². The molecule has 4 heteroatoms.